The van der Waals surface area contributed by atoms with Crippen molar-refractivity contribution in [2.24, 2.45) is 5.73 Å². The van der Waals surface area contributed by atoms with E-state index in [9.17, 15) is 4.39 Å². The third-order valence-corrected chi connectivity index (χ3v) is 3.23. The molecule has 1 nitrogen and oxygen atoms in total. The summed E-state index contributed by atoms with van der Waals surface area (Å²) in [6.07, 6.45) is 0.525. The number of benzene rings is 2. The Morgan fingerprint density at radius 2 is 1.83 bits per heavy atom. The van der Waals surface area contributed by atoms with Crippen LogP contribution in [0.25, 0.3) is 0 Å². The smallest absolute Gasteiger partial charge is 0.126 e. The van der Waals surface area contributed by atoms with Gasteiger partial charge in [-0.05, 0) is 43.0 Å². The van der Waals surface area contributed by atoms with E-state index in [2.05, 4.69) is 18.2 Å². The van der Waals surface area contributed by atoms with E-state index in [1.165, 1.54) is 11.6 Å². The van der Waals surface area contributed by atoms with Crippen LogP contribution in [0.15, 0.2) is 42.5 Å². The van der Waals surface area contributed by atoms with Crippen LogP contribution in [-0.4, -0.2) is 0 Å². The summed E-state index contributed by atoms with van der Waals surface area (Å²) in [5.41, 5.74) is 10.3. The highest BCUT2D eigenvalue weighted by atomic mass is 19.1. The maximum atomic E-state index is 13.6. The maximum absolute atomic E-state index is 13.6. The van der Waals surface area contributed by atoms with Gasteiger partial charge in [0.05, 0.1) is 0 Å². The lowest BCUT2D eigenvalue weighted by molar-refractivity contribution is 0.592. The molecule has 0 bridgehead atoms. The fourth-order valence-electron chi connectivity index (χ4n) is 2.17. The van der Waals surface area contributed by atoms with Crippen LogP contribution in [0, 0.1) is 19.7 Å². The number of hydrogen-bond acceptors (Lipinski definition) is 1. The van der Waals surface area contributed by atoms with Crippen LogP contribution in [0.4, 0.5) is 4.39 Å². The molecule has 1 atom stereocenters. The molecule has 0 spiro atoms. The quantitative estimate of drug-likeness (QED) is 0.874. The number of nitrogens with two attached hydrogens (primary N) is 1. The predicted molar refractivity (Wildman–Crippen MR) is 72.9 cm³/mol. The first-order valence-electron chi connectivity index (χ1n) is 6.14. The largest absolute Gasteiger partial charge is 0.324 e. The standard InChI is InChI=1S/C16H18FN/c1-11-7-8-12(2)14(9-11)16(18)10-13-5-3-4-6-15(13)17/h3-9,16H,10,18H2,1-2H3. The minimum Gasteiger partial charge on any atom is -0.324 e. The van der Waals surface area contributed by atoms with Gasteiger partial charge in [0.25, 0.3) is 0 Å². The van der Waals surface area contributed by atoms with Gasteiger partial charge in [0.2, 0.25) is 0 Å². The Kier molecular flexibility index (Phi) is 3.78. The summed E-state index contributed by atoms with van der Waals surface area (Å²) in [6.45, 7) is 4.08. The molecule has 0 amide bonds. The van der Waals surface area contributed by atoms with E-state index in [4.69, 9.17) is 5.73 Å². The molecule has 0 saturated carbocycles. The Labute approximate surface area is 107 Å². The molecule has 18 heavy (non-hydrogen) atoms. The lowest BCUT2D eigenvalue weighted by Crippen LogP contribution is -2.15. The molecule has 0 saturated heterocycles. The van der Waals surface area contributed by atoms with E-state index < -0.39 is 0 Å². The summed E-state index contributed by atoms with van der Waals surface area (Å²) in [5.74, 6) is -0.182. The molecule has 0 aromatic heterocycles. The molecule has 0 radical (unpaired) electrons. The molecule has 0 fully saturated rings. The molecule has 2 aromatic carbocycles. The Hall–Kier alpha value is -1.67. The second kappa shape index (κ2) is 5.32. The van der Waals surface area contributed by atoms with Crippen LogP contribution in [0.3, 0.4) is 0 Å². The minimum atomic E-state index is -0.182. The molecule has 2 aromatic rings. The van der Waals surface area contributed by atoms with Crippen LogP contribution in [0.1, 0.15) is 28.3 Å². The zero-order valence-electron chi connectivity index (χ0n) is 10.8. The summed E-state index contributed by atoms with van der Waals surface area (Å²) < 4.78 is 13.6. The molecular weight excluding hydrogens is 225 g/mol. The zero-order valence-corrected chi connectivity index (χ0v) is 10.8. The highest BCUT2D eigenvalue weighted by molar-refractivity contribution is 5.34. The van der Waals surface area contributed by atoms with Gasteiger partial charge < -0.3 is 5.73 Å². The number of rotatable bonds is 3. The van der Waals surface area contributed by atoms with E-state index in [0.29, 0.717) is 12.0 Å². The van der Waals surface area contributed by atoms with Crippen LogP contribution < -0.4 is 5.73 Å². The summed E-state index contributed by atoms with van der Waals surface area (Å²) in [7, 11) is 0. The fraction of sp³-hybridized carbons (Fsp3) is 0.250. The van der Waals surface area contributed by atoms with E-state index in [0.717, 1.165) is 11.1 Å². The van der Waals surface area contributed by atoms with Crippen LogP contribution in [0.2, 0.25) is 0 Å². The lowest BCUT2D eigenvalue weighted by Gasteiger charge is -2.16. The summed E-state index contributed by atoms with van der Waals surface area (Å²) in [4.78, 5) is 0. The first-order valence-corrected chi connectivity index (χ1v) is 6.14. The predicted octanol–water partition coefficient (Wildman–Crippen LogP) is 3.69. The van der Waals surface area contributed by atoms with Crippen molar-refractivity contribution in [2.45, 2.75) is 26.3 Å². The SMILES string of the molecule is Cc1ccc(C)c(C(N)Cc2ccccc2F)c1. The topological polar surface area (TPSA) is 26.0 Å². The van der Waals surface area contributed by atoms with Gasteiger partial charge in [0.1, 0.15) is 5.82 Å². The monoisotopic (exact) mass is 243 g/mol. The first kappa shape index (κ1) is 12.8. The van der Waals surface area contributed by atoms with E-state index in [1.807, 2.05) is 19.9 Å². The van der Waals surface area contributed by atoms with Crippen LogP contribution >= 0.6 is 0 Å². The van der Waals surface area contributed by atoms with Gasteiger partial charge in [0.15, 0.2) is 0 Å². The second-order valence-electron chi connectivity index (χ2n) is 4.76. The molecular formula is C16H18FN. The van der Waals surface area contributed by atoms with Crippen molar-refractivity contribution in [3.05, 3.63) is 70.5 Å². The molecule has 0 aliphatic heterocycles. The molecule has 0 aliphatic carbocycles. The van der Waals surface area contributed by atoms with Gasteiger partial charge >= 0.3 is 0 Å². The lowest BCUT2D eigenvalue weighted by atomic mass is 9.94. The second-order valence-corrected chi connectivity index (χ2v) is 4.76. The molecule has 0 heterocycles. The number of hydrogen-bond donors (Lipinski definition) is 1. The summed E-state index contributed by atoms with van der Waals surface area (Å²) in [5, 5.41) is 0. The Balaban J connectivity index is 2.25. The summed E-state index contributed by atoms with van der Waals surface area (Å²) in [6, 6.07) is 12.9. The minimum absolute atomic E-state index is 0.165. The van der Waals surface area contributed by atoms with E-state index in [-0.39, 0.29) is 11.9 Å². The van der Waals surface area contributed by atoms with Crippen molar-refractivity contribution >= 4 is 0 Å². The molecule has 0 aliphatic rings. The molecule has 1 unspecified atom stereocenters. The van der Waals surface area contributed by atoms with Crippen molar-refractivity contribution in [1.29, 1.82) is 0 Å². The highest BCUT2D eigenvalue weighted by Gasteiger charge is 2.12. The average molecular weight is 243 g/mol. The first-order chi connectivity index (χ1) is 8.58. The van der Waals surface area contributed by atoms with Gasteiger partial charge in [-0.15, -0.1) is 0 Å². The maximum Gasteiger partial charge on any atom is 0.126 e. The Morgan fingerprint density at radius 1 is 1.11 bits per heavy atom. The fourth-order valence-corrected chi connectivity index (χ4v) is 2.17. The Bertz CT molecular complexity index is 549. The van der Waals surface area contributed by atoms with E-state index in [1.54, 1.807) is 12.1 Å². The van der Waals surface area contributed by atoms with Crippen molar-refractivity contribution in [3.8, 4) is 0 Å². The van der Waals surface area contributed by atoms with Crippen molar-refractivity contribution in [1.82, 2.24) is 0 Å². The normalized spacial score (nSPS) is 12.4. The molecule has 94 valence electrons. The Morgan fingerprint density at radius 3 is 2.56 bits per heavy atom. The third kappa shape index (κ3) is 2.77. The zero-order chi connectivity index (χ0) is 13.1. The molecule has 2 rings (SSSR count). The highest BCUT2D eigenvalue weighted by Crippen LogP contribution is 2.22. The van der Waals surface area contributed by atoms with Gasteiger partial charge in [-0.25, -0.2) is 4.39 Å². The molecule has 2 heteroatoms. The number of aryl methyl sites for hydroxylation is 2. The third-order valence-electron chi connectivity index (χ3n) is 3.23. The van der Waals surface area contributed by atoms with E-state index >= 15 is 0 Å². The van der Waals surface area contributed by atoms with Crippen LogP contribution in [-0.2, 0) is 6.42 Å². The van der Waals surface area contributed by atoms with Gasteiger partial charge in [-0.2, -0.15) is 0 Å². The average Bonchev–Trinajstić information content (AvgIpc) is 2.35. The molecule has 2 N–H and O–H groups in total. The van der Waals surface area contributed by atoms with Crippen molar-refractivity contribution < 1.29 is 4.39 Å². The van der Waals surface area contributed by atoms with Crippen molar-refractivity contribution in [2.75, 3.05) is 0 Å². The van der Waals surface area contributed by atoms with Crippen molar-refractivity contribution in [3.63, 3.8) is 0 Å². The summed E-state index contributed by atoms with van der Waals surface area (Å²) >= 11 is 0. The van der Waals surface area contributed by atoms with Gasteiger partial charge in [0, 0.05) is 6.04 Å². The van der Waals surface area contributed by atoms with Crippen LogP contribution in [0.5, 0.6) is 0 Å². The number of halogens is 1. The van der Waals surface area contributed by atoms with Gasteiger partial charge in [-0.1, -0.05) is 42.0 Å². The van der Waals surface area contributed by atoms with Gasteiger partial charge in [-0.3, -0.25) is 0 Å².